The van der Waals surface area contributed by atoms with Gasteiger partial charge in [0.1, 0.15) is 0 Å². The number of carbonyl (C=O) groups excluding carboxylic acids is 1. The summed E-state index contributed by atoms with van der Waals surface area (Å²) in [7, 11) is 0. The van der Waals surface area contributed by atoms with Crippen molar-refractivity contribution in [3.05, 3.63) is 94.1 Å². The van der Waals surface area contributed by atoms with Gasteiger partial charge in [-0.1, -0.05) is 30.7 Å². The SMILES string of the molecule is Cc1cc(C2=NCc3cc(CC(=O)N[C@@H]4CCCCc5ccccc54)ncc32)ccn1. The van der Waals surface area contributed by atoms with E-state index >= 15 is 0 Å². The lowest BCUT2D eigenvalue weighted by atomic mass is 9.99. The zero-order valence-electron chi connectivity index (χ0n) is 17.8. The number of aromatic nitrogens is 2. The van der Waals surface area contributed by atoms with Gasteiger partial charge >= 0.3 is 0 Å². The number of nitrogens with zero attached hydrogens (tertiary/aromatic N) is 3. The summed E-state index contributed by atoms with van der Waals surface area (Å²) in [6.45, 7) is 2.60. The fourth-order valence-electron chi connectivity index (χ4n) is 4.66. The van der Waals surface area contributed by atoms with Crippen molar-refractivity contribution >= 4 is 11.6 Å². The minimum Gasteiger partial charge on any atom is -0.349 e. The normalized spacial score (nSPS) is 17.3. The molecule has 1 aliphatic heterocycles. The molecule has 2 aliphatic rings. The summed E-state index contributed by atoms with van der Waals surface area (Å²) in [4.78, 5) is 26.4. The zero-order chi connectivity index (χ0) is 21.2. The molecule has 5 rings (SSSR count). The lowest BCUT2D eigenvalue weighted by Crippen LogP contribution is -2.30. The van der Waals surface area contributed by atoms with E-state index in [-0.39, 0.29) is 18.4 Å². The first-order chi connectivity index (χ1) is 15.2. The van der Waals surface area contributed by atoms with Gasteiger partial charge in [-0.25, -0.2) is 0 Å². The van der Waals surface area contributed by atoms with Crippen LogP contribution in [0.2, 0.25) is 0 Å². The Balaban J connectivity index is 1.29. The first-order valence-corrected chi connectivity index (χ1v) is 11.0. The van der Waals surface area contributed by atoms with Gasteiger partial charge in [-0.3, -0.25) is 19.8 Å². The Labute approximate surface area is 182 Å². The average Bonchev–Trinajstić information content (AvgIpc) is 3.09. The van der Waals surface area contributed by atoms with Gasteiger partial charge < -0.3 is 5.32 Å². The molecule has 0 unspecified atom stereocenters. The Morgan fingerprint density at radius 2 is 2.00 bits per heavy atom. The minimum atomic E-state index is 0.0260. The van der Waals surface area contributed by atoms with E-state index in [0.29, 0.717) is 6.54 Å². The van der Waals surface area contributed by atoms with Crippen molar-refractivity contribution in [2.45, 2.75) is 51.6 Å². The molecule has 1 N–H and O–H groups in total. The summed E-state index contributed by atoms with van der Waals surface area (Å²) in [6, 6.07) is 14.6. The second-order valence-electron chi connectivity index (χ2n) is 8.42. The summed E-state index contributed by atoms with van der Waals surface area (Å²) in [5.41, 5.74) is 8.58. The van der Waals surface area contributed by atoms with Crippen LogP contribution in [0.1, 0.15) is 64.5 Å². The van der Waals surface area contributed by atoms with Crippen LogP contribution in [0.3, 0.4) is 0 Å². The van der Waals surface area contributed by atoms with Crippen LogP contribution >= 0.6 is 0 Å². The molecule has 3 heterocycles. The Hall–Kier alpha value is -3.34. The maximum Gasteiger partial charge on any atom is 0.226 e. The highest BCUT2D eigenvalue weighted by Gasteiger charge is 2.22. The predicted octanol–water partition coefficient (Wildman–Crippen LogP) is 4.26. The van der Waals surface area contributed by atoms with Crippen LogP contribution in [0.5, 0.6) is 0 Å². The van der Waals surface area contributed by atoms with Crippen LogP contribution in [0, 0.1) is 6.92 Å². The van der Waals surface area contributed by atoms with Crippen LogP contribution < -0.4 is 5.32 Å². The monoisotopic (exact) mass is 410 g/mol. The number of pyridine rings is 2. The van der Waals surface area contributed by atoms with Gasteiger partial charge in [-0.05, 0) is 61.1 Å². The van der Waals surface area contributed by atoms with E-state index in [4.69, 9.17) is 4.99 Å². The van der Waals surface area contributed by atoms with Crippen LogP contribution in [0.25, 0.3) is 0 Å². The van der Waals surface area contributed by atoms with Crippen LogP contribution in [0.4, 0.5) is 0 Å². The van der Waals surface area contributed by atoms with Gasteiger partial charge in [-0.15, -0.1) is 0 Å². The van der Waals surface area contributed by atoms with E-state index in [0.717, 1.165) is 53.1 Å². The number of nitrogens with one attached hydrogen (secondary N) is 1. The zero-order valence-corrected chi connectivity index (χ0v) is 17.8. The first kappa shape index (κ1) is 19.6. The van der Waals surface area contributed by atoms with Crippen LogP contribution in [0.15, 0.2) is 59.9 Å². The maximum atomic E-state index is 12.8. The summed E-state index contributed by atoms with van der Waals surface area (Å²) in [5, 5.41) is 3.26. The Kier molecular flexibility index (Phi) is 5.33. The number of amides is 1. The molecule has 1 aliphatic carbocycles. The number of carbonyl (C=O) groups is 1. The first-order valence-electron chi connectivity index (χ1n) is 11.0. The molecule has 0 bridgehead atoms. The van der Waals surface area contributed by atoms with Gasteiger partial charge in [0, 0.05) is 29.2 Å². The lowest BCUT2D eigenvalue weighted by Gasteiger charge is -2.19. The molecule has 1 amide bonds. The van der Waals surface area contributed by atoms with E-state index in [1.165, 1.54) is 17.5 Å². The van der Waals surface area contributed by atoms with Crippen molar-refractivity contribution in [2.75, 3.05) is 0 Å². The molecule has 0 radical (unpaired) electrons. The molecule has 0 spiro atoms. The summed E-state index contributed by atoms with van der Waals surface area (Å²) < 4.78 is 0. The van der Waals surface area contributed by atoms with Crippen molar-refractivity contribution in [3.63, 3.8) is 0 Å². The van der Waals surface area contributed by atoms with Crippen molar-refractivity contribution in [1.29, 1.82) is 0 Å². The molecule has 2 aromatic heterocycles. The van der Waals surface area contributed by atoms with E-state index in [1.807, 2.05) is 37.5 Å². The second kappa shape index (κ2) is 8.42. The van der Waals surface area contributed by atoms with Crippen molar-refractivity contribution in [1.82, 2.24) is 15.3 Å². The van der Waals surface area contributed by atoms with E-state index in [9.17, 15) is 4.79 Å². The van der Waals surface area contributed by atoms with Crippen molar-refractivity contribution < 1.29 is 4.79 Å². The summed E-state index contributed by atoms with van der Waals surface area (Å²) in [6.07, 6.45) is 8.34. The van der Waals surface area contributed by atoms with Gasteiger partial charge in [0.25, 0.3) is 0 Å². The Morgan fingerprint density at radius 3 is 2.90 bits per heavy atom. The third-order valence-electron chi connectivity index (χ3n) is 6.18. The average molecular weight is 411 g/mol. The van der Waals surface area contributed by atoms with Crippen LogP contribution in [-0.4, -0.2) is 21.6 Å². The van der Waals surface area contributed by atoms with Gasteiger partial charge in [0.2, 0.25) is 5.91 Å². The predicted molar refractivity (Wildman–Crippen MR) is 121 cm³/mol. The molecule has 3 aromatic rings. The maximum absolute atomic E-state index is 12.8. The summed E-state index contributed by atoms with van der Waals surface area (Å²) in [5.74, 6) is 0.0260. The molecule has 1 aromatic carbocycles. The topological polar surface area (TPSA) is 67.2 Å². The van der Waals surface area contributed by atoms with Crippen LogP contribution in [-0.2, 0) is 24.2 Å². The summed E-state index contributed by atoms with van der Waals surface area (Å²) >= 11 is 0. The molecule has 5 nitrogen and oxygen atoms in total. The standard InChI is InChI=1S/C26H26N4O/c1-17-12-19(10-11-27-17)26-23-16-28-21(13-20(23)15-29-26)14-25(31)30-24-9-5-3-7-18-6-2-4-8-22(18)24/h2,4,6,8,10-13,16,24H,3,5,7,9,14-15H2,1H3,(H,30,31)/t24-/m1/s1. The van der Waals surface area contributed by atoms with Crippen molar-refractivity contribution in [2.24, 2.45) is 4.99 Å². The smallest absolute Gasteiger partial charge is 0.226 e. The highest BCUT2D eigenvalue weighted by molar-refractivity contribution is 6.15. The third-order valence-corrected chi connectivity index (χ3v) is 6.18. The number of aryl methyl sites for hydroxylation is 2. The van der Waals surface area contributed by atoms with Crippen molar-refractivity contribution in [3.8, 4) is 0 Å². The fraction of sp³-hybridized carbons (Fsp3) is 0.308. The molecule has 31 heavy (non-hydrogen) atoms. The van der Waals surface area contributed by atoms with E-state index in [1.54, 1.807) is 0 Å². The number of benzene rings is 1. The highest BCUT2D eigenvalue weighted by atomic mass is 16.1. The molecule has 1 atom stereocenters. The highest BCUT2D eigenvalue weighted by Crippen LogP contribution is 2.29. The number of rotatable bonds is 4. The Morgan fingerprint density at radius 1 is 1.10 bits per heavy atom. The lowest BCUT2D eigenvalue weighted by molar-refractivity contribution is -0.121. The minimum absolute atomic E-state index is 0.0260. The van der Waals surface area contributed by atoms with Gasteiger partial charge in [0.05, 0.1) is 30.4 Å². The molecular weight excluding hydrogens is 384 g/mol. The fourth-order valence-corrected chi connectivity index (χ4v) is 4.66. The number of hydrogen-bond acceptors (Lipinski definition) is 4. The quantitative estimate of drug-likeness (QED) is 0.654. The molecule has 156 valence electrons. The Bertz CT molecular complexity index is 1170. The van der Waals surface area contributed by atoms with E-state index in [2.05, 4.69) is 39.6 Å². The molecule has 0 fully saturated rings. The largest absolute Gasteiger partial charge is 0.349 e. The second-order valence-corrected chi connectivity index (χ2v) is 8.42. The molecule has 5 heteroatoms. The van der Waals surface area contributed by atoms with Gasteiger partial charge in [0.15, 0.2) is 0 Å². The number of aliphatic imine (C=N–C) groups is 1. The molecule has 0 saturated heterocycles. The molecular formula is C26H26N4O. The molecule has 0 saturated carbocycles. The van der Waals surface area contributed by atoms with E-state index < -0.39 is 0 Å². The number of fused-ring (bicyclic) bond motifs is 2. The number of hydrogen-bond donors (Lipinski definition) is 1. The third kappa shape index (κ3) is 4.13. The van der Waals surface area contributed by atoms with Gasteiger partial charge in [-0.2, -0.15) is 0 Å².